The molecule has 1 aliphatic carbocycles. The minimum Gasteiger partial charge on any atom is -0.373 e. The van der Waals surface area contributed by atoms with Crippen molar-refractivity contribution >= 4 is 11.6 Å². The Morgan fingerprint density at radius 2 is 2.05 bits per heavy atom. The number of rotatable bonds is 5. The Bertz CT molecular complexity index is 405. The van der Waals surface area contributed by atoms with Gasteiger partial charge in [0.1, 0.15) is 5.82 Å². The number of nitrogens with one attached hydrogen (secondary N) is 1. The van der Waals surface area contributed by atoms with Gasteiger partial charge in [-0.2, -0.15) is 0 Å². The van der Waals surface area contributed by atoms with Gasteiger partial charge in [0.15, 0.2) is 0 Å². The Balaban J connectivity index is 1.79. The van der Waals surface area contributed by atoms with Crippen molar-refractivity contribution in [3.05, 3.63) is 34.6 Å². The van der Waals surface area contributed by atoms with Gasteiger partial charge in [-0.3, -0.25) is 0 Å². The highest BCUT2D eigenvalue weighted by atomic mass is 35.5. The lowest BCUT2D eigenvalue weighted by Gasteiger charge is -2.29. The number of hydrogen-bond donors (Lipinski definition) is 1. The molecule has 0 heterocycles. The quantitative estimate of drug-likeness (QED) is 0.885. The van der Waals surface area contributed by atoms with E-state index < -0.39 is 0 Å². The summed E-state index contributed by atoms with van der Waals surface area (Å²) < 4.78 is 19.5. The average Bonchev–Trinajstić information content (AvgIpc) is 2.42. The fourth-order valence-corrected chi connectivity index (χ4v) is 2.78. The highest BCUT2D eigenvalue weighted by Crippen LogP contribution is 2.24. The second-order valence-corrected chi connectivity index (χ2v) is 5.46. The maximum atomic E-state index is 13.7. The number of ether oxygens (including phenoxy) is 1. The SMILES string of the molecule is CCNC1CCC(OCc2cccc(Cl)c2F)CC1. The zero-order valence-corrected chi connectivity index (χ0v) is 12.0. The van der Waals surface area contributed by atoms with Crippen LogP contribution in [0.15, 0.2) is 18.2 Å². The molecule has 1 saturated carbocycles. The van der Waals surface area contributed by atoms with Crippen LogP contribution in [-0.2, 0) is 11.3 Å². The molecule has 0 spiro atoms. The van der Waals surface area contributed by atoms with Crippen molar-refractivity contribution in [2.75, 3.05) is 6.54 Å². The minimum atomic E-state index is -0.356. The Morgan fingerprint density at radius 1 is 1.32 bits per heavy atom. The van der Waals surface area contributed by atoms with Crippen LogP contribution in [0.4, 0.5) is 4.39 Å². The van der Waals surface area contributed by atoms with Crippen molar-refractivity contribution in [1.82, 2.24) is 5.32 Å². The molecule has 1 aromatic carbocycles. The van der Waals surface area contributed by atoms with E-state index in [0.717, 1.165) is 32.2 Å². The standard InChI is InChI=1S/C15H21ClFNO/c1-2-18-12-6-8-13(9-7-12)19-10-11-4-3-5-14(16)15(11)17/h3-5,12-13,18H,2,6-10H2,1H3. The third-order valence-electron chi connectivity index (χ3n) is 3.67. The van der Waals surface area contributed by atoms with E-state index in [1.807, 2.05) is 0 Å². The summed E-state index contributed by atoms with van der Waals surface area (Å²) in [7, 11) is 0. The first-order chi connectivity index (χ1) is 9.20. The lowest BCUT2D eigenvalue weighted by molar-refractivity contribution is 0.0102. The van der Waals surface area contributed by atoms with Crippen LogP contribution in [0, 0.1) is 5.82 Å². The predicted molar refractivity (Wildman–Crippen MR) is 75.9 cm³/mol. The van der Waals surface area contributed by atoms with Gasteiger partial charge >= 0.3 is 0 Å². The Labute approximate surface area is 119 Å². The maximum Gasteiger partial charge on any atom is 0.147 e. The topological polar surface area (TPSA) is 21.3 Å². The van der Waals surface area contributed by atoms with Crippen molar-refractivity contribution in [3.8, 4) is 0 Å². The van der Waals surface area contributed by atoms with Gasteiger partial charge in [0.05, 0.1) is 17.7 Å². The largest absolute Gasteiger partial charge is 0.373 e. The Hall–Kier alpha value is -0.640. The molecule has 0 aliphatic heterocycles. The van der Waals surface area contributed by atoms with Gasteiger partial charge < -0.3 is 10.1 Å². The minimum absolute atomic E-state index is 0.164. The van der Waals surface area contributed by atoms with E-state index >= 15 is 0 Å². The van der Waals surface area contributed by atoms with Crippen LogP contribution < -0.4 is 5.32 Å². The molecule has 2 rings (SSSR count). The van der Waals surface area contributed by atoms with Gasteiger partial charge in [0, 0.05) is 11.6 Å². The summed E-state index contributed by atoms with van der Waals surface area (Å²) in [5, 5.41) is 3.63. The first kappa shape index (κ1) is 14.8. The first-order valence-corrected chi connectivity index (χ1v) is 7.36. The van der Waals surface area contributed by atoms with Crippen LogP contribution in [0.2, 0.25) is 5.02 Å². The molecule has 1 aliphatic rings. The lowest BCUT2D eigenvalue weighted by atomic mass is 9.93. The third kappa shape index (κ3) is 4.16. The number of hydrogen-bond acceptors (Lipinski definition) is 2. The predicted octanol–water partition coefficient (Wildman–Crippen LogP) is 3.92. The van der Waals surface area contributed by atoms with E-state index in [1.165, 1.54) is 0 Å². The highest BCUT2D eigenvalue weighted by molar-refractivity contribution is 6.30. The van der Waals surface area contributed by atoms with Crippen LogP contribution in [-0.4, -0.2) is 18.7 Å². The second-order valence-electron chi connectivity index (χ2n) is 5.06. The molecule has 0 unspecified atom stereocenters. The zero-order valence-electron chi connectivity index (χ0n) is 11.3. The molecule has 2 nitrogen and oxygen atoms in total. The van der Waals surface area contributed by atoms with E-state index in [1.54, 1.807) is 18.2 Å². The molecule has 1 fully saturated rings. The number of halogens is 2. The van der Waals surface area contributed by atoms with E-state index in [-0.39, 0.29) is 16.9 Å². The van der Waals surface area contributed by atoms with E-state index in [2.05, 4.69) is 12.2 Å². The van der Waals surface area contributed by atoms with E-state index in [0.29, 0.717) is 18.2 Å². The van der Waals surface area contributed by atoms with Crippen LogP contribution in [0.1, 0.15) is 38.2 Å². The molecule has 106 valence electrons. The summed E-state index contributed by atoms with van der Waals surface area (Å²) in [6, 6.07) is 5.66. The zero-order chi connectivity index (χ0) is 13.7. The Morgan fingerprint density at radius 3 is 2.74 bits per heavy atom. The third-order valence-corrected chi connectivity index (χ3v) is 3.97. The van der Waals surface area contributed by atoms with Crippen LogP contribution in [0.25, 0.3) is 0 Å². The summed E-state index contributed by atoms with van der Waals surface area (Å²) >= 11 is 5.75. The summed E-state index contributed by atoms with van der Waals surface area (Å²) in [6.45, 7) is 3.46. The Kier molecular flexibility index (Phi) is 5.61. The molecule has 0 bridgehead atoms. The van der Waals surface area contributed by atoms with Crippen LogP contribution >= 0.6 is 11.6 Å². The molecule has 19 heavy (non-hydrogen) atoms. The molecule has 0 aromatic heterocycles. The second kappa shape index (κ2) is 7.22. The summed E-state index contributed by atoms with van der Waals surface area (Å²) in [5.41, 5.74) is 0.543. The molecule has 0 amide bonds. The lowest BCUT2D eigenvalue weighted by Crippen LogP contribution is -2.35. The van der Waals surface area contributed by atoms with Gasteiger partial charge in [-0.15, -0.1) is 0 Å². The maximum absolute atomic E-state index is 13.7. The fourth-order valence-electron chi connectivity index (χ4n) is 2.59. The van der Waals surface area contributed by atoms with Crippen molar-refractivity contribution in [2.24, 2.45) is 0 Å². The molecular weight excluding hydrogens is 265 g/mol. The monoisotopic (exact) mass is 285 g/mol. The molecule has 0 saturated heterocycles. The summed E-state index contributed by atoms with van der Waals surface area (Å²) in [4.78, 5) is 0. The first-order valence-electron chi connectivity index (χ1n) is 6.98. The highest BCUT2D eigenvalue weighted by Gasteiger charge is 2.21. The van der Waals surface area contributed by atoms with Crippen LogP contribution in [0.5, 0.6) is 0 Å². The molecular formula is C15H21ClFNO. The smallest absolute Gasteiger partial charge is 0.147 e. The van der Waals surface area contributed by atoms with Gasteiger partial charge in [-0.25, -0.2) is 4.39 Å². The van der Waals surface area contributed by atoms with Crippen LogP contribution in [0.3, 0.4) is 0 Å². The van der Waals surface area contributed by atoms with Gasteiger partial charge in [0.2, 0.25) is 0 Å². The summed E-state index contributed by atoms with van der Waals surface area (Å²) in [5.74, 6) is -0.356. The van der Waals surface area contributed by atoms with Gasteiger partial charge in [-0.1, -0.05) is 30.7 Å². The fraction of sp³-hybridized carbons (Fsp3) is 0.600. The molecule has 4 heteroatoms. The van der Waals surface area contributed by atoms with Crippen molar-refractivity contribution in [2.45, 2.75) is 51.4 Å². The molecule has 1 aromatic rings. The molecule has 1 N–H and O–H groups in total. The summed E-state index contributed by atoms with van der Waals surface area (Å²) in [6.07, 6.45) is 4.60. The average molecular weight is 286 g/mol. The van der Waals surface area contributed by atoms with E-state index in [9.17, 15) is 4.39 Å². The number of benzene rings is 1. The van der Waals surface area contributed by atoms with Crippen molar-refractivity contribution in [1.29, 1.82) is 0 Å². The van der Waals surface area contributed by atoms with Gasteiger partial charge in [0.25, 0.3) is 0 Å². The van der Waals surface area contributed by atoms with E-state index in [4.69, 9.17) is 16.3 Å². The van der Waals surface area contributed by atoms with Gasteiger partial charge in [-0.05, 0) is 38.3 Å². The normalized spacial score (nSPS) is 23.5. The van der Waals surface area contributed by atoms with Crippen molar-refractivity contribution in [3.63, 3.8) is 0 Å². The van der Waals surface area contributed by atoms with Crippen molar-refractivity contribution < 1.29 is 9.13 Å². The molecule has 0 atom stereocenters. The molecule has 0 radical (unpaired) electrons.